The lowest BCUT2D eigenvalue weighted by atomic mass is 9.72. The van der Waals surface area contributed by atoms with Crippen LogP contribution in [-0.4, -0.2) is 12.5 Å². The summed E-state index contributed by atoms with van der Waals surface area (Å²) in [5, 5.41) is 0. The van der Waals surface area contributed by atoms with Gasteiger partial charge in [-0.1, -0.05) is 19.3 Å². The van der Waals surface area contributed by atoms with E-state index in [1.807, 2.05) is 0 Å². The highest BCUT2D eigenvalue weighted by Crippen LogP contribution is 2.37. The lowest BCUT2D eigenvalue weighted by molar-refractivity contribution is -0.120. The fourth-order valence-corrected chi connectivity index (χ4v) is 2.12. The summed E-state index contributed by atoms with van der Waals surface area (Å²) in [7, 11) is 0. The maximum absolute atomic E-state index is 10.8. The fourth-order valence-electron chi connectivity index (χ4n) is 2.12. The van der Waals surface area contributed by atoms with Gasteiger partial charge in [0.2, 0.25) is 5.91 Å². The van der Waals surface area contributed by atoms with Crippen LogP contribution < -0.4 is 11.5 Å². The molecule has 3 heteroatoms. The Kier molecular flexibility index (Phi) is 3.09. The van der Waals surface area contributed by atoms with Gasteiger partial charge in [-0.05, 0) is 24.8 Å². The van der Waals surface area contributed by atoms with Gasteiger partial charge >= 0.3 is 0 Å². The van der Waals surface area contributed by atoms with E-state index in [0.717, 1.165) is 12.8 Å². The monoisotopic (exact) mass is 170 g/mol. The number of carbonyl (C=O) groups is 1. The number of amides is 1. The van der Waals surface area contributed by atoms with Crippen LogP contribution in [0.5, 0.6) is 0 Å². The summed E-state index contributed by atoms with van der Waals surface area (Å²) in [6, 6.07) is 0. The molecule has 1 rings (SSSR count). The Morgan fingerprint density at radius 3 is 2.25 bits per heavy atom. The van der Waals surface area contributed by atoms with Crippen LogP contribution in [0.1, 0.15) is 38.5 Å². The zero-order chi connectivity index (χ0) is 9.03. The van der Waals surface area contributed by atoms with Crippen LogP contribution >= 0.6 is 0 Å². The summed E-state index contributed by atoms with van der Waals surface area (Å²) in [5.41, 5.74) is 10.9. The van der Waals surface area contributed by atoms with E-state index in [1.165, 1.54) is 19.3 Å². The van der Waals surface area contributed by atoms with E-state index in [4.69, 9.17) is 11.5 Å². The second-order valence-corrected chi connectivity index (χ2v) is 3.91. The highest BCUT2D eigenvalue weighted by atomic mass is 16.1. The summed E-state index contributed by atoms with van der Waals surface area (Å²) in [4.78, 5) is 10.8. The van der Waals surface area contributed by atoms with Crippen LogP contribution in [0, 0.1) is 5.41 Å². The van der Waals surface area contributed by atoms with Crippen molar-refractivity contribution in [2.24, 2.45) is 16.9 Å². The van der Waals surface area contributed by atoms with Gasteiger partial charge in [-0.15, -0.1) is 0 Å². The van der Waals surface area contributed by atoms with Crippen molar-refractivity contribution in [2.45, 2.75) is 38.5 Å². The van der Waals surface area contributed by atoms with Crippen LogP contribution in [0.4, 0.5) is 0 Å². The van der Waals surface area contributed by atoms with Gasteiger partial charge in [0.15, 0.2) is 0 Å². The number of hydrogen-bond acceptors (Lipinski definition) is 2. The molecule has 12 heavy (non-hydrogen) atoms. The third-order valence-corrected chi connectivity index (χ3v) is 2.90. The van der Waals surface area contributed by atoms with Crippen LogP contribution in [0.25, 0.3) is 0 Å². The molecule has 0 aliphatic heterocycles. The molecule has 0 atom stereocenters. The van der Waals surface area contributed by atoms with Gasteiger partial charge < -0.3 is 11.5 Å². The van der Waals surface area contributed by atoms with Crippen molar-refractivity contribution < 1.29 is 4.79 Å². The lowest BCUT2D eigenvalue weighted by Crippen LogP contribution is -2.36. The summed E-state index contributed by atoms with van der Waals surface area (Å²) in [5.74, 6) is -0.206. The quantitative estimate of drug-likeness (QED) is 0.657. The van der Waals surface area contributed by atoms with Crippen molar-refractivity contribution in [3.8, 4) is 0 Å². The predicted molar refractivity (Wildman–Crippen MR) is 48.4 cm³/mol. The maximum Gasteiger partial charge on any atom is 0.218 e. The molecule has 1 aliphatic carbocycles. The van der Waals surface area contributed by atoms with Crippen LogP contribution in [0.15, 0.2) is 0 Å². The molecule has 0 aromatic rings. The Hall–Kier alpha value is -0.570. The van der Waals surface area contributed by atoms with Gasteiger partial charge in [0, 0.05) is 6.42 Å². The average molecular weight is 170 g/mol. The number of rotatable bonds is 3. The minimum absolute atomic E-state index is 0.0457. The van der Waals surface area contributed by atoms with E-state index in [-0.39, 0.29) is 11.3 Å². The van der Waals surface area contributed by atoms with E-state index in [1.54, 1.807) is 0 Å². The van der Waals surface area contributed by atoms with Crippen molar-refractivity contribution in [1.82, 2.24) is 0 Å². The first-order chi connectivity index (χ1) is 5.68. The van der Waals surface area contributed by atoms with Crippen LogP contribution in [0.2, 0.25) is 0 Å². The maximum atomic E-state index is 10.8. The molecule has 0 unspecified atom stereocenters. The summed E-state index contributed by atoms with van der Waals surface area (Å²) in [6.45, 7) is 0.607. The normalized spacial score (nSPS) is 22.1. The largest absolute Gasteiger partial charge is 0.370 e. The molecular weight excluding hydrogens is 152 g/mol. The van der Waals surface area contributed by atoms with Gasteiger partial charge in [-0.3, -0.25) is 4.79 Å². The molecule has 4 N–H and O–H groups in total. The molecular formula is C9H18N2O. The van der Waals surface area contributed by atoms with E-state index >= 15 is 0 Å². The van der Waals surface area contributed by atoms with Crippen LogP contribution in [0.3, 0.4) is 0 Å². The molecule has 0 bridgehead atoms. The topological polar surface area (TPSA) is 69.1 Å². The van der Waals surface area contributed by atoms with Gasteiger partial charge in [-0.2, -0.15) is 0 Å². The Morgan fingerprint density at radius 1 is 1.25 bits per heavy atom. The Balaban J connectivity index is 2.53. The standard InChI is InChI=1S/C9H18N2O/c10-7-9(6-8(11)12)4-2-1-3-5-9/h1-7,10H2,(H2,11,12). The number of primary amides is 1. The van der Waals surface area contributed by atoms with E-state index in [2.05, 4.69) is 0 Å². The third-order valence-electron chi connectivity index (χ3n) is 2.90. The van der Waals surface area contributed by atoms with E-state index < -0.39 is 0 Å². The molecule has 0 spiro atoms. The Morgan fingerprint density at radius 2 is 1.83 bits per heavy atom. The second-order valence-electron chi connectivity index (χ2n) is 3.91. The first-order valence-electron chi connectivity index (χ1n) is 4.67. The van der Waals surface area contributed by atoms with Crippen molar-refractivity contribution >= 4 is 5.91 Å². The molecule has 3 nitrogen and oxygen atoms in total. The smallest absolute Gasteiger partial charge is 0.218 e. The van der Waals surface area contributed by atoms with Crippen LogP contribution in [-0.2, 0) is 4.79 Å². The minimum atomic E-state index is -0.206. The van der Waals surface area contributed by atoms with Gasteiger partial charge in [0.25, 0.3) is 0 Å². The predicted octanol–water partition coefficient (Wildman–Crippen LogP) is 0.771. The first-order valence-corrected chi connectivity index (χ1v) is 4.67. The highest BCUT2D eigenvalue weighted by molar-refractivity contribution is 5.74. The number of nitrogens with two attached hydrogens (primary N) is 2. The van der Waals surface area contributed by atoms with Crippen molar-refractivity contribution in [1.29, 1.82) is 0 Å². The lowest BCUT2D eigenvalue weighted by Gasteiger charge is -2.35. The van der Waals surface area contributed by atoms with Gasteiger partial charge in [0.1, 0.15) is 0 Å². The second kappa shape index (κ2) is 3.90. The molecule has 0 aromatic carbocycles. The zero-order valence-corrected chi connectivity index (χ0v) is 7.51. The van der Waals surface area contributed by atoms with E-state index in [9.17, 15) is 4.79 Å². The molecule has 1 amide bonds. The molecule has 1 fully saturated rings. The van der Waals surface area contributed by atoms with Crippen molar-refractivity contribution in [3.05, 3.63) is 0 Å². The first kappa shape index (κ1) is 9.52. The summed E-state index contributed by atoms with van der Waals surface area (Å²) < 4.78 is 0. The zero-order valence-electron chi connectivity index (χ0n) is 7.51. The number of hydrogen-bond donors (Lipinski definition) is 2. The molecule has 1 aliphatic rings. The van der Waals surface area contributed by atoms with Gasteiger partial charge in [-0.25, -0.2) is 0 Å². The molecule has 0 heterocycles. The summed E-state index contributed by atoms with van der Waals surface area (Å²) in [6.07, 6.45) is 6.30. The molecule has 1 saturated carbocycles. The highest BCUT2D eigenvalue weighted by Gasteiger charge is 2.31. The van der Waals surface area contributed by atoms with Crippen molar-refractivity contribution in [2.75, 3.05) is 6.54 Å². The number of carbonyl (C=O) groups excluding carboxylic acids is 1. The fraction of sp³-hybridized carbons (Fsp3) is 0.889. The van der Waals surface area contributed by atoms with Gasteiger partial charge in [0.05, 0.1) is 0 Å². The SMILES string of the molecule is NCC1(CC(N)=O)CCCCC1. The average Bonchev–Trinajstić information content (AvgIpc) is 2.05. The molecule has 0 aromatic heterocycles. The third kappa shape index (κ3) is 2.21. The summed E-state index contributed by atoms with van der Waals surface area (Å²) >= 11 is 0. The molecule has 0 saturated heterocycles. The molecule has 0 radical (unpaired) electrons. The minimum Gasteiger partial charge on any atom is -0.370 e. The molecule has 70 valence electrons. The van der Waals surface area contributed by atoms with Crippen molar-refractivity contribution in [3.63, 3.8) is 0 Å². The Labute approximate surface area is 73.5 Å². The van der Waals surface area contributed by atoms with E-state index in [0.29, 0.717) is 13.0 Å². The Bertz CT molecular complexity index is 162.